The number of nitrogens with zero attached hydrogens (tertiary/aromatic N) is 2. The van der Waals surface area contributed by atoms with Crippen LogP contribution in [0.15, 0.2) is 18.2 Å². The van der Waals surface area contributed by atoms with Crippen LogP contribution in [0.2, 0.25) is 0 Å². The molecular weight excluding hydrogens is 362 g/mol. The minimum atomic E-state index is -0.726. The minimum Gasteiger partial charge on any atom is -0.452 e. The Bertz CT molecular complexity index is 714. The number of carbonyl (C=O) groups is 2. The molecule has 0 aliphatic carbocycles. The van der Waals surface area contributed by atoms with Crippen molar-refractivity contribution >= 4 is 23.3 Å². The molecule has 1 aromatic carbocycles. The number of piperidine rings is 1. The van der Waals surface area contributed by atoms with E-state index in [1.807, 2.05) is 18.7 Å². The molecule has 1 amide bonds. The first-order chi connectivity index (χ1) is 13.3. The van der Waals surface area contributed by atoms with E-state index < -0.39 is 17.5 Å². The summed E-state index contributed by atoms with van der Waals surface area (Å²) in [7, 11) is 0. The number of hydrogen-bond donors (Lipinski definition) is 1. The standard InChI is InChI=1S/C20H29N3O5/c1-4-5-15(3)21-19(24)13-28-20(25)17-12-16(23(26)27)6-7-18(17)22-10-8-14(2)9-11-22/h6-7,12,14-15H,4-5,8-11,13H2,1-3H3,(H,21,24)/t15-/m0/s1. The molecule has 0 saturated carbocycles. The third-order valence-corrected chi connectivity index (χ3v) is 5.00. The number of hydrogen-bond acceptors (Lipinski definition) is 6. The number of ether oxygens (including phenoxy) is 1. The summed E-state index contributed by atoms with van der Waals surface area (Å²) in [5.41, 5.74) is 0.558. The Morgan fingerprint density at radius 2 is 2.04 bits per heavy atom. The number of nitrogens with one attached hydrogen (secondary N) is 1. The maximum atomic E-state index is 12.6. The van der Waals surface area contributed by atoms with E-state index in [2.05, 4.69) is 12.2 Å². The van der Waals surface area contributed by atoms with Crippen LogP contribution < -0.4 is 10.2 Å². The molecule has 1 fully saturated rings. The Balaban J connectivity index is 2.12. The van der Waals surface area contributed by atoms with E-state index in [9.17, 15) is 19.7 Å². The third-order valence-electron chi connectivity index (χ3n) is 5.00. The lowest BCUT2D eigenvalue weighted by Crippen LogP contribution is -2.36. The van der Waals surface area contributed by atoms with Gasteiger partial charge in [0, 0.05) is 31.3 Å². The van der Waals surface area contributed by atoms with Gasteiger partial charge in [-0.05, 0) is 38.2 Å². The number of amides is 1. The van der Waals surface area contributed by atoms with Crippen LogP contribution >= 0.6 is 0 Å². The summed E-state index contributed by atoms with van der Waals surface area (Å²) in [5, 5.41) is 13.9. The predicted molar refractivity (Wildman–Crippen MR) is 107 cm³/mol. The van der Waals surface area contributed by atoms with Gasteiger partial charge in [0.15, 0.2) is 6.61 Å². The Morgan fingerprint density at radius 3 is 2.64 bits per heavy atom. The van der Waals surface area contributed by atoms with E-state index in [1.54, 1.807) is 6.07 Å². The minimum absolute atomic E-state index is 0.0000784. The SMILES string of the molecule is CCC[C@H](C)NC(=O)COC(=O)c1cc([N+](=O)[O-])ccc1N1CCC(C)CC1. The molecule has 28 heavy (non-hydrogen) atoms. The van der Waals surface area contributed by atoms with Gasteiger partial charge in [-0.1, -0.05) is 20.3 Å². The second kappa shape index (κ2) is 10.1. The molecule has 0 aromatic heterocycles. The number of esters is 1. The zero-order chi connectivity index (χ0) is 20.7. The van der Waals surface area contributed by atoms with Crippen molar-refractivity contribution in [3.63, 3.8) is 0 Å². The smallest absolute Gasteiger partial charge is 0.341 e. The van der Waals surface area contributed by atoms with Crippen LogP contribution in [0, 0.1) is 16.0 Å². The first kappa shape index (κ1) is 21.7. The normalized spacial score (nSPS) is 15.8. The molecule has 1 heterocycles. The molecule has 154 valence electrons. The second-order valence-electron chi connectivity index (χ2n) is 7.46. The third kappa shape index (κ3) is 5.94. The van der Waals surface area contributed by atoms with Gasteiger partial charge in [-0.3, -0.25) is 14.9 Å². The molecule has 1 aromatic rings. The Labute approximate surface area is 165 Å². The lowest BCUT2D eigenvalue weighted by atomic mass is 9.98. The molecule has 0 spiro atoms. The average Bonchev–Trinajstić information content (AvgIpc) is 2.66. The van der Waals surface area contributed by atoms with Crippen LogP contribution in [-0.2, 0) is 9.53 Å². The van der Waals surface area contributed by atoms with Crippen molar-refractivity contribution in [1.29, 1.82) is 0 Å². The van der Waals surface area contributed by atoms with Crippen molar-refractivity contribution in [3.05, 3.63) is 33.9 Å². The fraction of sp³-hybridized carbons (Fsp3) is 0.600. The molecule has 0 bridgehead atoms. The molecule has 1 N–H and O–H groups in total. The summed E-state index contributed by atoms with van der Waals surface area (Å²) in [4.78, 5) is 37.2. The van der Waals surface area contributed by atoms with E-state index in [-0.39, 0.29) is 23.2 Å². The average molecular weight is 391 g/mol. The first-order valence-corrected chi connectivity index (χ1v) is 9.81. The van der Waals surface area contributed by atoms with Crippen LogP contribution in [0.4, 0.5) is 11.4 Å². The number of carbonyl (C=O) groups excluding carboxylic acids is 2. The highest BCUT2D eigenvalue weighted by Crippen LogP contribution is 2.29. The summed E-state index contributed by atoms with van der Waals surface area (Å²) in [5.74, 6) is -0.498. The molecule has 1 aliphatic heterocycles. The van der Waals surface area contributed by atoms with Crippen molar-refractivity contribution in [1.82, 2.24) is 5.32 Å². The lowest BCUT2D eigenvalue weighted by molar-refractivity contribution is -0.384. The summed E-state index contributed by atoms with van der Waals surface area (Å²) in [6.45, 7) is 7.22. The quantitative estimate of drug-likeness (QED) is 0.414. The summed E-state index contributed by atoms with van der Waals surface area (Å²) in [6.07, 6.45) is 3.75. The van der Waals surface area contributed by atoms with Crippen LogP contribution in [0.25, 0.3) is 0 Å². The number of nitro benzene ring substituents is 1. The van der Waals surface area contributed by atoms with Crippen molar-refractivity contribution in [2.24, 2.45) is 5.92 Å². The Morgan fingerprint density at radius 1 is 1.36 bits per heavy atom. The number of non-ortho nitro benzene ring substituents is 1. The molecule has 1 atom stereocenters. The van der Waals surface area contributed by atoms with Crippen molar-refractivity contribution in [3.8, 4) is 0 Å². The van der Waals surface area contributed by atoms with Crippen LogP contribution in [0.3, 0.4) is 0 Å². The summed E-state index contributed by atoms with van der Waals surface area (Å²) < 4.78 is 5.16. The molecule has 8 heteroatoms. The zero-order valence-corrected chi connectivity index (χ0v) is 16.8. The fourth-order valence-corrected chi connectivity index (χ4v) is 3.36. The summed E-state index contributed by atoms with van der Waals surface area (Å²) in [6, 6.07) is 4.21. The molecule has 1 aliphatic rings. The van der Waals surface area contributed by atoms with Gasteiger partial charge in [-0.2, -0.15) is 0 Å². The zero-order valence-electron chi connectivity index (χ0n) is 16.8. The largest absolute Gasteiger partial charge is 0.452 e. The highest BCUT2D eigenvalue weighted by molar-refractivity contribution is 5.97. The summed E-state index contributed by atoms with van der Waals surface area (Å²) >= 11 is 0. The predicted octanol–water partition coefficient (Wildman–Crippen LogP) is 3.29. The molecule has 2 rings (SSSR count). The second-order valence-corrected chi connectivity index (χ2v) is 7.46. The van der Waals surface area contributed by atoms with E-state index >= 15 is 0 Å². The molecular formula is C20H29N3O5. The van der Waals surface area contributed by atoms with Crippen LogP contribution in [0.1, 0.15) is 56.8 Å². The topological polar surface area (TPSA) is 102 Å². The van der Waals surface area contributed by atoms with Gasteiger partial charge in [-0.25, -0.2) is 4.79 Å². The number of rotatable bonds is 8. The van der Waals surface area contributed by atoms with E-state index in [1.165, 1.54) is 12.1 Å². The molecule has 1 saturated heterocycles. The molecule has 0 unspecified atom stereocenters. The van der Waals surface area contributed by atoms with Crippen molar-refractivity contribution < 1.29 is 19.2 Å². The van der Waals surface area contributed by atoms with Crippen LogP contribution in [0.5, 0.6) is 0 Å². The monoisotopic (exact) mass is 391 g/mol. The maximum Gasteiger partial charge on any atom is 0.341 e. The van der Waals surface area contributed by atoms with Crippen LogP contribution in [-0.4, -0.2) is 42.5 Å². The Hall–Kier alpha value is -2.64. The van der Waals surface area contributed by atoms with E-state index in [0.29, 0.717) is 11.6 Å². The van der Waals surface area contributed by atoms with Gasteiger partial charge in [0.1, 0.15) is 0 Å². The van der Waals surface area contributed by atoms with Gasteiger partial charge in [0.2, 0.25) is 0 Å². The Kier molecular flexibility index (Phi) is 7.78. The maximum absolute atomic E-state index is 12.6. The number of nitro groups is 1. The van der Waals surface area contributed by atoms with Gasteiger partial charge in [0.05, 0.1) is 16.2 Å². The fourth-order valence-electron chi connectivity index (χ4n) is 3.36. The van der Waals surface area contributed by atoms with Gasteiger partial charge in [0.25, 0.3) is 11.6 Å². The number of anilines is 1. The lowest BCUT2D eigenvalue weighted by Gasteiger charge is -2.33. The van der Waals surface area contributed by atoms with E-state index in [4.69, 9.17) is 4.74 Å². The van der Waals surface area contributed by atoms with E-state index in [0.717, 1.165) is 38.8 Å². The highest BCUT2D eigenvalue weighted by atomic mass is 16.6. The first-order valence-electron chi connectivity index (χ1n) is 9.81. The highest BCUT2D eigenvalue weighted by Gasteiger charge is 2.24. The van der Waals surface area contributed by atoms with Crippen molar-refractivity contribution in [2.75, 3.05) is 24.6 Å². The van der Waals surface area contributed by atoms with Gasteiger partial charge >= 0.3 is 5.97 Å². The van der Waals surface area contributed by atoms with Crippen molar-refractivity contribution in [2.45, 2.75) is 52.5 Å². The number of benzene rings is 1. The van der Waals surface area contributed by atoms with Gasteiger partial charge in [-0.15, -0.1) is 0 Å². The molecule has 0 radical (unpaired) electrons. The van der Waals surface area contributed by atoms with Gasteiger partial charge < -0.3 is 15.0 Å². The molecule has 8 nitrogen and oxygen atoms in total.